The molecule has 1 amide bonds. The SMILES string of the molecule is COC(=O)C1=C(C)N(c2cccc(C)c2)C(=O)/C1=C\c1cc(C)n(-c2cc(C)ccc2OC)c1C. The molecule has 0 fully saturated rings. The summed E-state index contributed by atoms with van der Waals surface area (Å²) in [6, 6.07) is 15.7. The van der Waals surface area contributed by atoms with Crippen LogP contribution in [0.5, 0.6) is 5.75 Å². The van der Waals surface area contributed by atoms with Gasteiger partial charge in [-0.25, -0.2) is 4.79 Å². The van der Waals surface area contributed by atoms with Crippen molar-refractivity contribution in [3.63, 3.8) is 0 Å². The summed E-state index contributed by atoms with van der Waals surface area (Å²) in [6.07, 6.45) is 1.79. The third-order valence-electron chi connectivity index (χ3n) is 6.39. The van der Waals surface area contributed by atoms with Crippen LogP contribution in [0.25, 0.3) is 11.8 Å². The molecule has 0 saturated heterocycles. The van der Waals surface area contributed by atoms with E-state index in [-0.39, 0.29) is 11.5 Å². The van der Waals surface area contributed by atoms with Gasteiger partial charge in [0.1, 0.15) is 5.75 Å². The fourth-order valence-electron chi connectivity index (χ4n) is 4.69. The molecule has 0 bridgehead atoms. The Bertz CT molecular complexity index is 1410. The number of hydrogen-bond acceptors (Lipinski definition) is 4. The second kappa shape index (κ2) is 9.29. The molecule has 4 rings (SSSR count). The zero-order valence-electron chi connectivity index (χ0n) is 21.2. The van der Waals surface area contributed by atoms with Crippen LogP contribution in [-0.4, -0.2) is 30.7 Å². The minimum absolute atomic E-state index is 0.258. The van der Waals surface area contributed by atoms with E-state index in [2.05, 4.69) is 10.6 Å². The van der Waals surface area contributed by atoms with E-state index in [1.807, 2.05) is 70.2 Å². The van der Waals surface area contributed by atoms with E-state index in [1.165, 1.54) is 7.11 Å². The summed E-state index contributed by atoms with van der Waals surface area (Å²) in [6.45, 7) is 9.78. The van der Waals surface area contributed by atoms with Crippen molar-refractivity contribution >= 4 is 23.6 Å². The lowest BCUT2D eigenvalue weighted by Crippen LogP contribution is -2.24. The van der Waals surface area contributed by atoms with Crippen molar-refractivity contribution in [2.45, 2.75) is 34.6 Å². The van der Waals surface area contributed by atoms with Crippen molar-refractivity contribution < 1.29 is 19.1 Å². The monoisotopic (exact) mass is 470 g/mol. The minimum atomic E-state index is -0.536. The second-order valence-corrected chi connectivity index (χ2v) is 8.83. The third kappa shape index (κ3) is 4.16. The molecule has 0 saturated carbocycles. The second-order valence-electron chi connectivity index (χ2n) is 8.83. The van der Waals surface area contributed by atoms with Gasteiger partial charge in [-0.1, -0.05) is 18.2 Å². The van der Waals surface area contributed by atoms with E-state index >= 15 is 0 Å². The summed E-state index contributed by atoms with van der Waals surface area (Å²) in [5, 5.41) is 0. The van der Waals surface area contributed by atoms with Crippen LogP contribution < -0.4 is 9.64 Å². The van der Waals surface area contributed by atoms with Crippen LogP contribution in [0.15, 0.2) is 65.4 Å². The lowest BCUT2D eigenvalue weighted by atomic mass is 10.0. The molecule has 0 atom stereocenters. The fraction of sp³-hybridized carbons (Fsp3) is 0.241. The fourth-order valence-corrected chi connectivity index (χ4v) is 4.69. The lowest BCUT2D eigenvalue weighted by molar-refractivity contribution is -0.136. The Kier molecular flexibility index (Phi) is 6.39. The first-order chi connectivity index (χ1) is 16.7. The van der Waals surface area contributed by atoms with E-state index in [0.29, 0.717) is 17.0 Å². The molecule has 2 heterocycles. The van der Waals surface area contributed by atoms with Crippen LogP contribution in [0.4, 0.5) is 5.69 Å². The number of hydrogen-bond donors (Lipinski definition) is 0. The number of esters is 1. The summed E-state index contributed by atoms with van der Waals surface area (Å²) in [7, 11) is 2.98. The van der Waals surface area contributed by atoms with Crippen LogP contribution in [0.1, 0.15) is 35.0 Å². The Morgan fingerprint density at radius 3 is 2.29 bits per heavy atom. The maximum atomic E-state index is 13.7. The summed E-state index contributed by atoms with van der Waals surface area (Å²) in [4.78, 5) is 28.0. The molecule has 1 aliphatic heterocycles. The molecular weight excluding hydrogens is 440 g/mol. The molecule has 6 nitrogen and oxygen atoms in total. The van der Waals surface area contributed by atoms with Gasteiger partial charge < -0.3 is 14.0 Å². The molecule has 6 heteroatoms. The van der Waals surface area contributed by atoms with Gasteiger partial charge >= 0.3 is 5.97 Å². The van der Waals surface area contributed by atoms with Gasteiger partial charge in [0.25, 0.3) is 5.91 Å². The van der Waals surface area contributed by atoms with E-state index in [0.717, 1.165) is 39.5 Å². The summed E-state index contributed by atoms with van der Waals surface area (Å²) in [5.74, 6) is -0.0389. The molecule has 0 N–H and O–H groups in total. The van der Waals surface area contributed by atoms with Gasteiger partial charge in [-0.15, -0.1) is 0 Å². The maximum Gasteiger partial charge on any atom is 0.340 e. The Morgan fingerprint density at radius 1 is 0.914 bits per heavy atom. The van der Waals surface area contributed by atoms with Gasteiger partial charge in [-0.2, -0.15) is 0 Å². The van der Waals surface area contributed by atoms with Crippen molar-refractivity contribution in [1.29, 1.82) is 0 Å². The van der Waals surface area contributed by atoms with E-state index in [1.54, 1.807) is 25.0 Å². The number of methoxy groups -OCH3 is 2. The Morgan fingerprint density at radius 2 is 1.63 bits per heavy atom. The zero-order valence-corrected chi connectivity index (χ0v) is 21.2. The first kappa shape index (κ1) is 24.1. The van der Waals surface area contributed by atoms with Gasteiger partial charge in [-0.3, -0.25) is 9.69 Å². The van der Waals surface area contributed by atoms with Crippen LogP contribution in [0.2, 0.25) is 0 Å². The number of amides is 1. The number of carbonyl (C=O) groups excluding carboxylic acids is 2. The Hall–Kier alpha value is -4.06. The number of benzene rings is 2. The number of ether oxygens (including phenoxy) is 2. The summed E-state index contributed by atoms with van der Waals surface area (Å²) >= 11 is 0. The van der Waals surface area contributed by atoms with Gasteiger partial charge in [-0.05, 0) is 87.7 Å². The average molecular weight is 471 g/mol. The van der Waals surface area contributed by atoms with Gasteiger partial charge in [0.15, 0.2) is 0 Å². The van der Waals surface area contributed by atoms with Gasteiger partial charge in [0, 0.05) is 22.8 Å². The number of aromatic nitrogens is 1. The van der Waals surface area contributed by atoms with Crippen LogP contribution in [0, 0.1) is 27.7 Å². The Labute approximate surface area is 206 Å². The number of anilines is 1. The van der Waals surface area contributed by atoms with Crippen molar-refractivity contribution in [3.8, 4) is 11.4 Å². The lowest BCUT2D eigenvalue weighted by Gasteiger charge is -2.18. The highest BCUT2D eigenvalue weighted by Crippen LogP contribution is 2.37. The molecular formula is C29H30N2O4. The van der Waals surface area contributed by atoms with Crippen LogP contribution in [-0.2, 0) is 14.3 Å². The normalized spacial score (nSPS) is 14.8. The molecule has 0 unspecified atom stereocenters. The molecule has 35 heavy (non-hydrogen) atoms. The predicted octanol–water partition coefficient (Wildman–Crippen LogP) is 5.60. The summed E-state index contributed by atoms with van der Waals surface area (Å²) in [5.41, 5.74) is 7.67. The molecule has 0 spiro atoms. The first-order valence-electron chi connectivity index (χ1n) is 11.4. The van der Waals surface area contributed by atoms with Crippen molar-refractivity contribution in [3.05, 3.63) is 93.5 Å². The standard InChI is InChI=1S/C29H30N2O4/c1-17-9-8-10-23(13-17)31-21(5)27(29(33)35-7)24(28(31)32)16-22-15-19(3)30(20(22)4)25-14-18(2)11-12-26(25)34-6/h8-16H,1-7H3/b24-16-. The van der Waals surface area contributed by atoms with E-state index in [4.69, 9.17) is 9.47 Å². The van der Waals surface area contributed by atoms with Crippen molar-refractivity contribution in [2.75, 3.05) is 19.1 Å². The largest absolute Gasteiger partial charge is 0.495 e. The van der Waals surface area contributed by atoms with E-state index < -0.39 is 5.97 Å². The summed E-state index contributed by atoms with van der Waals surface area (Å²) < 4.78 is 12.8. The van der Waals surface area contributed by atoms with Crippen molar-refractivity contribution in [1.82, 2.24) is 4.57 Å². The van der Waals surface area contributed by atoms with Gasteiger partial charge in [0.05, 0.1) is 31.1 Å². The number of nitrogens with zero attached hydrogens (tertiary/aromatic N) is 2. The highest BCUT2D eigenvalue weighted by Gasteiger charge is 2.38. The smallest absolute Gasteiger partial charge is 0.340 e. The maximum absolute atomic E-state index is 13.7. The quantitative estimate of drug-likeness (QED) is 0.360. The molecule has 3 aromatic rings. The average Bonchev–Trinajstić information content (AvgIpc) is 3.24. The van der Waals surface area contributed by atoms with Gasteiger partial charge in [0.2, 0.25) is 0 Å². The third-order valence-corrected chi connectivity index (χ3v) is 6.39. The van der Waals surface area contributed by atoms with E-state index in [9.17, 15) is 9.59 Å². The zero-order chi connectivity index (χ0) is 25.4. The number of carbonyl (C=O) groups is 2. The number of allylic oxidation sites excluding steroid dienone is 1. The molecule has 0 aliphatic carbocycles. The first-order valence-corrected chi connectivity index (χ1v) is 11.4. The molecule has 1 aromatic heterocycles. The molecule has 1 aliphatic rings. The highest BCUT2D eigenvalue weighted by atomic mass is 16.5. The number of rotatable bonds is 5. The van der Waals surface area contributed by atoms with Crippen molar-refractivity contribution in [2.24, 2.45) is 0 Å². The number of aryl methyl sites for hydroxylation is 3. The minimum Gasteiger partial charge on any atom is -0.495 e. The highest BCUT2D eigenvalue weighted by molar-refractivity contribution is 6.23. The molecule has 0 radical (unpaired) electrons. The Balaban J connectivity index is 1.88. The molecule has 180 valence electrons. The topological polar surface area (TPSA) is 60.8 Å². The van der Waals surface area contributed by atoms with Crippen LogP contribution >= 0.6 is 0 Å². The predicted molar refractivity (Wildman–Crippen MR) is 138 cm³/mol. The van der Waals surface area contributed by atoms with Crippen LogP contribution in [0.3, 0.4) is 0 Å². The molecule has 2 aromatic carbocycles.